The SMILES string of the molecule is CCCCCCC(C)Oc1cc(OC(C)=O)cc(OC(C)CCCCCC)c1OC(C)CCCCCC. The molecule has 0 saturated heterocycles. The standard InChI is InChI=1S/C32H56O5/c1-8-11-14-17-20-25(4)34-30-23-29(37-28(7)33)24-31(35-26(5)21-18-15-12-9-2)32(30)36-27(6)22-19-16-13-10-3/h23-27H,8-22H2,1-7H3. The van der Waals surface area contributed by atoms with E-state index in [4.69, 9.17) is 18.9 Å². The Morgan fingerprint density at radius 2 is 1.00 bits per heavy atom. The normalized spacial score (nSPS) is 13.6. The van der Waals surface area contributed by atoms with Crippen LogP contribution in [0.4, 0.5) is 0 Å². The summed E-state index contributed by atoms with van der Waals surface area (Å²) in [5.74, 6) is 1.87. The maximum absolute atomic E-state index is 11.8. The highest BCUT2D eigenvalue weighted by Gasteiger charge is 2.22. The van der Waals surface area contributed by atoms with Gasteiger partial charge in [0.05, 0.1) is 18.3 Å². The lowest BCUT2D eigenvalue weighted by atomic mass is 10.1. The van der Waals surface area contributed by atoms with Crippen molar-refractivity contribution in [2.24, 2.45) is 0 Å². The van der Waals surface area contributed by atoms with Gasteiger partial charge in [0, 0.05) is 19.1 Å². The van der Waals surface area contributed by atoms with Gasteiger partial charge in [-0.15, -0.1) is 0 Å². The Morgan fingerprint density at radius 3 is 1.35 bits per heavy atom. The number of carbonyl (C=O) groups excluding carboxylic acids is 1. The van der Waals surface area contributed by atoms with E-state index in [1.807, 2.05) is 0 Å². The molecule has 3 unspecified atom stereocenters. The van der Waals surface area contributed by atoms with E-state index >= 15 is 0 Å². The van der Waals surface area contributed by atoms with E-state index < -0.39 is 0 Å². The van der Waals surface area contributed by atoms with Crippen molar-refractivity contribution in [1.82, 2.24) is 0 Å². The highest BCUT2D eigenvalue weighted by Crippen LogP contribution is 2.44. The van der Waals surface area contributed by atoms with Gasteiger partial charge in [0.25, 0.3) is 0 Å². The smallest absolute Gasteiger partial charge is 0.308 e. The Balaban J connectivity index is 3.17. The molecular weight excluding hydrogens is 464 g/mol. The summed E-state index contributed by atoms with van der Waals surface area (Å²) in [5, 5.41) is 0. The van der Waals surface area contributed by atoms with Gasteiger partial charge in [0.1, 0.15) is 5.75 Å². The van der Waals surface area contributed by atoms with E-state index in [-0.39, 0.29) is 24.3 Å². The molecule has 0 aliphatic carbocycles. The minimum absolute atomic E-state index is 0.0194. The maximum atomic E-state index is 11.8. The van der Waals surface area contributed by atoms with Crippen molar-refractivity contribution in [3.8, 4) is 23.0 Å². The van der Waals surface area contributed by atoms with Gasteiger partial charge in [-0.2, -0.15) is 0 Å². The first-order valence-electron chi connectivity index (χ1n) is 15.2. The molecule has 0 bridgehead atoms. The van der Waals surface area contributed by atoms with Gasteiger partial charge in [0.2, 0.25) is 5.75 Å². The molecule has 3 atom stereocenters. The minimum atomic E-state index is -0.366. The van der Waals surface area contributed by atoms with Crippen LogP contribution in [0, 0.1) is 0 Å². The summed E-state index contributed by atoms with van der Waals surface area (Å²) in [6.07, 6.45) is 17.4. The van der Waals surface area contributed by atoms with Crippen LogP contribution in [0.2, 0.25) is 0 Å². The fourth-order valence-electron chi connectivity index (χ4n) is 4.46. The van der Waals surface area contributed by atoms with Crippen molar-refractivity contribution >= 4 is 5.97 Å². The topological polar surface area (TPSA) is 54.0 Å². The van der Waals surface area contributed by atoms with E-state index in [1.54, 1.807) is 12.1 Å². The van der Waals surface area contributed by atoms with Crippen molar-refractivity contribution in [3.05, 3.63) is 12.1 Å². The van der Waals surface area contributed by atoms with Crippen LogP contribution in [0.3, 0.4) is 0 Å². The Labute approximate surface area is 228 Å². The van der Waals surface area contributed by atoms with Gasteiger partial charge in [-0.1, -0.05) is 78.6 Å². The van der Waals surface area contributed by atoms with E-state index in [1.165, 1.54) is 64.7 Å². The number of rotatable bonds is 22. The molecule has 0 radical (unpaired) electrons. The summed E-state index contributed by atoms with van der Waals surface area (Å²) < 4.78 is 24.9. The molecule has 0 amide bonds. The van der Waals surface area contributed by atoms with Crippen LogP contribution in [-0.4, -0.2) is 24.3 Å². The molecule has 37 heavy (non-hydrogen) atoms. The van der Waals surface area contributed by atoms with E-state index in [2.05, 4.69) is 41.5 Å². The second kappa shape index (κ2) is 20.1. The van der Waals surface area contributed by atoms with Crippen molar-refractivity contribution in [2.75, 3.05) is 0 Å². The molecule has 0 spiro atoms. The molecule has 1 aromatic carbocycles. The average Bonchev–Trinajstić information content (AvgIpc) is 2.84. The monoisotopic (exact) mass is 520 g/mol. The second-order valence-electron chi connectivity index (χ2n) is 10.7. The minimum Gasteiger partial charge on any atom is -0.487 e. The number of hydrogen-bond acceptors (Lipinski definition) is 5. The number of unbranched alkanes of at least 4 members (excludes halogenated alkanes) is 9. The van der Waals surface area contributed by atoms with Crippen LogP contribution in [-0.2, 0) is 4.79 Å². The first-order chi connectivity index (χ1) is 17.8. The van der Waals surface area contributed by atoms with Crippen LogP contribution in [0.5, 0.6) is 23.0 Å². The second-order valence-corrected chi connectivity index (χ2v) is 10.7. The number of hydrogen-bond donors (Lipinski definition) is 0. The van der Waals surface area contributed by atoms with Crippen LogP contribution < -0.4 is 18.9 Å². The Bertz CT molecular complexity index is 691. The van der Waals surface area contributed by atoms with E-state index in [0.29, 0.717) is 23.0 Å². The lowest BCUT2D eigenvalue weighted by molar-refractivity contribution is -0.131. The van der Waals surface area contributed by atoms with Crippen molar-refractivity contribution in [3.63, 3.8) is 0 Å². The van der Waals surface area contributed by atoms with Crippen molar-refractivity contribution < 1.29 is 23.7 Å². The molecule has 5 nitrogen and oxygen atoms in total. The highest BCUT2D eigenvalue weighted by molar-refractivity contribution is 5.70. The summed E-state index contributed by atoms with van der Waals surface area (Å²) in [6.45, 7) is 14.4. The third-order valence-electron chi connectivity index (χ3n) is 6.62. The summed E-state index contributed by atoms with van der Waals surface area (Å²) in [4.78, 5) is 11.8. The predicted octanol–water partition coefficient (Wildman–Crippen LogP) is 9.82. The Kier molecular flexibility index (Phi) is 18.0. The fourth-order valence-corrected chi connectivity index (χ4v) is 4.46. The maximum Gasteiger partial charge on any atom is 0.308 e. The summed E-state index contributed by atoms with van der Waals surface area (Å²) >= 11 is 0. The Morgan fingerprint density at radius 1 is 0.622 bits per heavy atom. The first-order valence-corrected chi connectivity index (χ1v) is 15.2. The summed E-state index contributed by atoms with van der Waals surface area (Å²) in [5.41, 5.74) is 0. The van der Waals surface area contributed by atoms with Crippen molar-refractivity contribution in [2.45, 2.75) is 163 Å². The van der Waals surface area contributed by atoms with Gasteiger partial charge >= 0.3 is 5.97 Å². The van der Waals surface area contributed by atoms with Crippen LogP contribution >= 0.6 is 0 Å². The first kappa shape index (κ1) is 33.1. The fraction of sp³-hybridized carbons (Fsp3) is 0.781. The van der Waals surface area contributed by atoms with Gasteiger partial charge in [-0.25, -0.2) is 0 Å². The molecule has 1 rings (SSSR count). The quantitative estimate of drug-likeness (QED) is 0.0865. The molecule has 0 fully saturated rings. The van der Waals surface area contributed by atoms with Crippen LogP contribution in [0.25, 0.3) is 0 Å². The molecule has 0 aliphatic rings. The highest BCUT2D eigenvalue weighted by atomic mass is 16.6. The lowest BCUT2D eigenvalue weighted by Crippen LogP contribution is -2.18. The lowest BCUT2D eigenvalue weighted by Gasteiger charge is -2.25. The molecule has 5 heteroatoms. The summed E-state index contributed by atoms with van der Waals surface area (Å²) in [7, 11) is 0. The number of benzene rings is 1. The molecule has 0 saturated carbocycles. The molecule has 1 aromatic rings. The molecular formula is C32H56O5. The van der Waals surface area contributed by atoms with Crippen LogP contribution in [0.15, 0.2) is 12.1 Å². The molecule has 0 N–H and O–H groups in total. The molecule has 0 aromatic heterocycles. The van der Waals surface area contributed by atoms with E-state index in [0.717, 1.165) is 38.5 Å². The Hall–Kier alpha value is -1.91. The zero-order valence-corrected chi connectivity index (χ0v) is 25.0. The van der Waals surface area contributed by atoms with E-state index in [9.17, 15) is 4.79 Å². The number of carbonyl (C=O) groups is 1. The third kappa shape index (κ3) is 15.2. The number of esters is 1. The number of ether oxygens (including phenoxy) is 4. The van der Waals surface area contributed by atoms with Gasteiger partial charge < -0.3 is 18.9 Å². The summed E-state index contributed by atoms with van der Waals surface area (Å²) in [6, 6.07) is 3.56. The van der Waals surface area contributed by atoms with Crippen molar-refractivity contribution in [1.29, 1.82) is 0 Å². The third-order valence-corrected chi connectivity index (χ3v) is 6.62. The predicted molar refractivity (Wildman–Crippen MR) is 154 cm³/mol. The average molecular weight is 521 g/mol. The zero-order chi connectivity index (χ0) is 27.5. The molecule has 0 aliphatic heterocycles. The largest absolute Gasteiger partial charge is 0.487 e. The zero-order valence-electron chi connectivity index (χ0n) is 25.0. The van der Waals surface area contributed by atoms with Gasteiger partial charge in [0.15, 0.2) is 11.5 Å². The van der Waals surface area contributed by atoms with Gasteiger partial charge in [-0.3, -0.25) is 4.79 Å². The molecule has 0 heterocycles. The van der Waals surface area contributed by atoms with Gasteiger partial charge in [-0.05, 0) is 59.3 Å². The van der Waals surface area contributed by atoms with Crippen LogP contribution in [0.1, 0.15) is 145 Å². The molecule has 214 valence electrons.